The summed E-state index contributed by atoms with van der Waals surface area (Å²) in [6.07, 6.45) is 2.89. The van der Waals surface area contributed by atoms with E-state index in [0.29, 0.717) is 0 Å². The molecule has 0 amide bonds. The van der Waals surface area contributed by atoms with Gasteiger partial charge >= 0.3 is 0 Å². The molecule has 0 fully saturated rings. The highest BCUT2D eigenvalue weighted by Crippen LogP contribution is 2.21. The van der Waals surface area contributed by atoms with E-state index in [2.05, 4.69) is 60.8 Å². The van der Waals surface area contributed by atoms with Gasteiger partial charge in [-0.2, -0.15) is 5.10 Å². The normalized spacial score (nSPS) is 12.6. The molecule has 4 heteroatoms. The van der Waals surface area contributed by atoms with Crippen LogP contribution in [-0.4, -0.2) is 14.8 Å². The minimum atomic E-state index is 0.275. The molecule has 2 rings (SSSR count). The maximum absolute atomic E-state index is 4.60. The van der Waals surface area contributed by atoms with E-state index in [9.17, 15) is 0 Å². The molecule has 0 saturated heterocycles. The molecule has 1 unspecified atom stereocenters. The Bertz CT molecular complexity index is 601. The Labute approximate surface area is 127 Å². The first-order valence-corrected chi connectivity index (χ1v) is 7.78. The third-order valence-electron chi connectivity index (χ3n) is 4.11. The molecule has 1 atom stereocenters. The fourth-order valence-corrected chi connectivity index (χ4v) is 2.95. The van der Waals surface area contributed by atoms with Gasteiger partial charge in [0.1, 0.15) is 0 Å². The summed E-state index contributed by atoms with van der Waals surface area (Å²) in [5, 5.41) is 8.19. The number of hydrogen-bond donors (Lipinski definition) is 1. The highest BCUT2D eigenvalue weighted by atomic mass is 15.3. The van der Waals surface area contributed by atoms with Crippen LogP contribution in [0.15, 0.2) is 18.3 Å². The van der Waals surface area contributed by atoms with Gasteiger partial charge in [0.15, 0.2) is 0 Å². The molecule has 4 nitrogen and oxygen atoms in total. The molecule has 0 aliphatic carbocycles. The van der Waals surface area contributed by atoms with Gasteiger partial charge in [-0.1, -0.05) is 13.0 Å². The van der Waals surface area contributed by atoms with Crippen LogP contribution in [-0.2, 0) is 19.5 Å². The third kappa shape index (κ3) is 3.32. The number of rotatable bonds is 6. The summed E-state index contributed by atoms with van der Waals surface area (Å²) in [6.45, 7) is 12.4. The fraction of sp³-hybridized carbons (Fsp3) is 0.529. The van der Waals surface area contributed by atoms with Crippen LogP contribution in [0.2, 0.25) is 0 Å². The van der Waals surface area contributed by atoms with Crippen LogP contribution >= 0.6 is 0 Å². The molecule has 1 N–H and O–H groups in total. The number of pyridine rings is 1. The molecule has 0 aromatic carbocycles. The Morgan fingerprint density at radius 1 is 1.29 bits per heavy atom. The zero-order chi connectivity index (χ0) is 15.4. The third-order valence-corrected chi connectivity index (χ3v) is 4.11. The Kier molecular flexibility index (Phi) is 5.12. The number of nitrogens with one attached hydrogen (secondary N) is 1. The van der Waals surface area contributed by atoms with Crippen molar-refractivity contribution in [3.8, 4) is 0 Å². The quantitative estimate of drug-likeness (QED) is 0.885. The SMILES string of the molecule is CCc1cccnc1CNC(C)c1c(C)nn(CC)c1C. The van der Waals surface area contributed by atoms with E-state index in [1.807, 2.05) is 12.3 Å². The number of nitrogens with zero attached hydrogens (tertiary/aromatic N) is 3. The lowest BCUT2D eigenvalue weighted by atomic mass is 10.1. The summed E-state index contributed by atoms with van der Waals surface area (Å²) in [6, 6.07) is 4.43. The highest BCUT2D eigenvalue weighted by Gasteiger charge is 2.17. The molecule has 0 bridgehead atoms. The van der Waals surface area contributed by atoms with Crippen LogP contribution in [0.5, 0.6) is 0 Å². The van der Waals surface area contributed by atoms with Gasteiger partial charge in [0.2, 0.25) is 0 Å². The van der Waals surface area contributed by atoms with Crippen LogP contribution in [0.25, 0.3) is 0 Å². The number of hydrogen-bond acceptors (Lipinski definition) is 3. The van der Waals surface area contributed by atoms with Crippen molar-refractivity contribution in [3.63, 3.8) is 0 Å². The van der Waals surface area contributed by atoms with Crippen LogP contribution in [0, 0.1) is 13.8 Å². The highest BCUT2D eigenvalue weighted by molar-refractivity contribution is 5.28. The van der Waals surface area contributed by atoms with Crippen LogP contribution in [0.4, 0.5) is 0 Å². The molecule has 2 heterocycles. The lowest BCUT2D eigenvalue weighted by Crippen LogP contribution is -2.20. The van der Waals surface area contributed by atoms with E-state index in [4.69, 9.17) is 0 Å². The molecule has 0 radical (unpaired) electrons. The van der Waals surface area contributed by atoms with Crippen molar-refractivity contribution in [1.29, 1.82) is 0 Å². The molecule has 2 aromatic heterocycles. The zero-order valence-electron chi connectivity index (χ0n) is 13.8. The first kappa shape index (κ1) is 15.7. The van der Waals surface area contributed by atoms with Gasteiger partial charge in [0.25, 0.3) is 0 Å². The van der Waals surface area contributed by atoms with E-state index >= 15 is 0 Å². The largest absolute Gasteiger partial charge is 0.304 e. The molecule has 0 aliphatic rings. The monoisotopic (exact) mass is 286 g/mol. The summed E-state index contributed by atoms with van der Waals surface area (Å²) >= 11 is 0. The van der Waals surface area contributed by atoms with Crippen molar-refractivity contribution < 1.29 is 0 Å². The van der Waals surface area contributed by atoms with Crippen LogP contribution < -0.4 is 5.32 Å². The Hall–Kier alpha value is -1.68. The van der Waals surface area contributed by atoms with E-state index in [0.717, 1.165) is 30.9 Å². The smallest absolute Gasteiger partial charge is 0.0644 e. The molecule has 21 heavy (non-hydrogen) atoms. The van der Waals surface area contributed by atoms with Crippen molar-refractivity contribution >= 4 is 0 Å². The van der Waals surface area contributed by atoms with Crippen molar-refractivity contribution in [2.75, 3.05) is 0 Å². The summed E-state index contributed by atoms with van der Waals surface area (Å²) in [4.78, 5) is 4.50. The molecular weight excluding hydrogens is 260 g/mol. The van der Waals surface area contributed by atoms with E-state index < -0.39 is 0 Å². The van der Waals surface area contributed by atoms with Gasteiger partial charge < -0.3 is 5.32 Å². The van der Waals surface area contributed by atoms with E-state index in [1.54, 1.807) is 0 Å². The van der Waals surface area contributed by atoms with Crippen molar-refractivity contribution in [3.05, 3.63) is 46.5 Å². The minimum absolute atomic E-state index is 0.275. The van der Waals surface area contributed by atoms with E-state index in [1.165, 1.54) is 16.8 Å². The summed E-state index contributed by atoms with van der Waals surface area (Å²) < 4.78 is 2.07. The van der Waals surface area contributed by atoms with Gasteiger partial charge in [-0.3, -0.25) is 9.67 Å². The van der Waals surface area contributed by atoms with Gasteiger partial charge in [0.05, 0.1) is 11.4 Å². The van der Waals surface area contributed by atoms with Gasteiger partial charge in [0, 0.05) is 36.6 Å². The minimum Gasteiger partial charge on any atom is -0.304 e. The first-order chi connectivity index (χ1) is 10.1. The summed E-state index contributed by atoms with van der Waals surface area (Å²) in [5.41, 5.74) is 6.14. The zero-order valence-corrected chi connectivity index (χ0v) is 13.8. The topological polar surface area (TPSA) is 42.7 Å². The number of aromatic nitrogens is 3. The number of aryl methyl sites for hydroxylation is 3. The maximum atomic E-state index is 4.60. The first-order valence-electron chi connectivity index (χ1n) is 7.78. The van der Waals surface area contributed by atoms with Crippen molar-refractivity contribution in [2.45, 2.75) is 60.2 Å². The predicted octanol–water partition coefficient (Wildman–Crippen LogP) is 3.33. The average molecular weight is 286 g/mol. The molecular formula is C17H26N4. The van der Waals surface area contributed by atoms with E-state index in [-0.39, 0.29) is 6.04 Å². The second-order valence-corrected chi connectivity index (χ2v) is 5.47. The maximum Gasteiger partial charge on any atom is 0.0644 e. The fourth-order valence-electron chi connectivity index (χ4n) is 2.95. The second kappa shape index (κ2) is 6.85. The summed E-state index contributed by atoms with van der Waals surface area (Å²) in [7, 11) is 0. The second-order valence-electron chi connectivity index (χ2n) is 5.47. The van der Waals surface area contributed by atoms with Gasteiger partial charge in [-0.05, 0) is 45.7 Å². The predicted molar refractivity (Wildman–Crippen MR) is 86.2 cm³/mol. The molecule has 0 spiro atoms. The lowest BCUT2D eigenvalue weighted by Gasteiger charge is -2.16. The van der Waals surface area contributed by atoms with Crippen molar-refractivity contribution in [2.24, 2.45) is 0 Å². The van der Waals surface area contributed by atoms with Crippen LogP contribution in [0.1, 0.15) is 55.0 Å². The summed E-state index contributed by atoms with van der Waals surface area (Å²) in [5.74, 6) is 0. The van der Waals surface area contributed by atoms with Crippen molar-refractivity contribution in [1.82, 2.24) is 20.1 Å². The molecule has 114 valence electrons. The molecule has 2 aromatic rings. The standard InChI is InChI=1S/C17H26N4/c1-6-15-9-8-10-18-16(15)11-19-12(3)17-13(4)20-21(7-2)14(17)5/h8-10,12,19H,6-7,11H2,1-5H3. The average Bonchev–Trinajstić information content (AvgIpc) is 2.79. The Balaban J connectivity index is 2.12. The Morgan fingerprint density at radius 3 is 2.67 bits per heavy atom. The Morgan fingerprint density at radius 2 is 2.05 bits per heavy atom. The van der Waals surface area contributed by atoms with Gasteiger partial charge in [-0.25, -0.2) is 0 Å². The van der Waals surface area contributed by atoms with Gasteiger partial charge in [-0.15, -0.1) is 0 Å². The molecule has 0 aliphatic heterocycles. The van der Waals surface area contributed by atoms with Crippen LogP contribution in [0.3, 0.4) is 0 Å². The lowest BCUT2D eigenvalue weighted by molar-refractivity contribution is 0.557. The molecule has 0 saturated carbocycles.